The number of nitro groups is 2. The van der Waals surface area contributed by atoms with Gasteiger partial charge in [-0.25, -0.2) is 10.3 Å². The fourth-order valence-electron chi connectivity index (χ4n) is 2.51. The molecule has 0 aromatic heterocycles. The number of hydrogen-bond acceptors (Lipinski definition) is 9. The van der Waals surface area contributed by atoms with E-state index in [1.54, 1.807) is 24.3 Å². The van der Waals surface area contributed by atoms with Crippen LogP contribution in [0.2, 0.25) is 0 Å². The van der Waals surface area contributed by atoms with Crippen molar-refractivity contribution in [1.29, 1.82) is 0 Å². The van der Waals surface area contributed by atoms with Crippen molar-refractivity contribution in [3.63, 3.8) is 0 Å². The number of nitro benzene ring substituents is 2. The van der Waals surface area contributed by atoms with E-state index in [1.807, 2.05) is 22.6 Å². The van der Waals surface area contributed by atoms with E-state index < -0.39 is 38.7 Å². The number of halogens is 1. The van der Waals surface area contributed by atoms with Gasteiger partial charge in [-0.05, 0) is 65.1 Å². The molecule has 0 radical (unpaired) electrons. The van der Waals surface area contributed by atoms with Crippen LogP contribution in [0, 0.1) is 23.8 Å². The Hall–Kier alpha value is -4.27. The van der Waals surface area contributed by atoms with E-state index in [0.29, 0.717) is 23.0 Å². The van der Waals surface area contributed by atoms with Crippen LogP contribution in [0.4, 0.5) is 22.7 Å². The Kier molecular flexibility index (Phi) is 7.34. The Morgan fingerprint density at radius 3 is 2.24 bits per heavy atom. The molecule has 0 atom stereocenters. The van der Waals surface area contributed by atoms with Crippen molar-refractivity contribution in [2.24, 2.45) is 10.2 Å². The van der Waals surface area contributed by atoms with E-state index in [0.717, 1.165) is 15.7 Å². The maximum atomic E-state index is 12.2. The van der Waals surface area contributed by atoms with Crippen LogP contribution in [0.15, 0.2) is 77.0 Å². The molecule has 13 heteroatoms. The lowest BCUT2D eigenvalue weighted by atomic mass is 10.1. The quantitative estimate of drug-likeness (QED) is 0.177. The largest absolute Gasteiger partial charge is 0.369 e. The number of hydrogen-bond donors (Lipinski definition) is 1. The third kappa shape index (κ3) is 5.91. The second-order valence-corrected chi connectivity index (χ2v) is 7.40. The molecule has 166 valence electrons. The average Bonchev–Trinajstić information content (AvgIpc) is 2.81. The number of carbonyl (C=O) groups excluding carboxylic acids is 2. The van der Waals surface area contributed by atoms with Crippen LogP contribution in [-0.4, -0.2) is 21.7 Å². The summed E-state index contributed by atoms with van der Waals surface area (Å²) in [6.07, 6.45) is 0. The molecule has 0 fully saturated rings. The first-order valence-corrected chi connectivity index (χ1v) is 10.0. The Balaban J connectivity index is 1.64. The topological polar surface area (TPSA) is 166 Å². The van der Waals surface area contributed by atoms with Gasteiger partial charge >= 0.3 is 5.97 Å². The lowest BCUT2D eigenvalue weighted by Gasteiger charge is -2.07. The summed E-state index contributed by atoms with van der Waals surface area (Å²) in [5.41, 5.74) is 1.66. The molecular formula is C20H12IN5O7. The van der Waals surface area contributed by atoms with Gasteiger partial charge < -0.3 is 4.84 Å². The second kappa shape index (κ2) is 10.4. The van der Waals surface area contributed by atoms with Crippen LogP contribution in [0.25, 0.3) is 0 Å². The summed E-state index contributed by atoms with van der Waals surface area (Å²) in [5, 5.41) is 29.5. The van der Waals surface area contributed by atoms with Crippen molar-refractivity contribution in [1.82, 2.24) is 0 Å². The molecule has 0 heterocycles. The van der Waals surface area contributed by atoms with Gasteiger partial charge in [0.05, 0.1) is 32.9 Å². The predicted molar refractivity (Wildman–Crippen MR) is 123 cm³/mol. The number of rotatable bonds is 7. The zero-order chi connectivity index (χ0) is 24.0. The molecule has 0 unspecified atom stereocenters. The van der Waals surface area contributed by atoms with Crippen LogP contribution in [0.1, 0.15) is 20.7 Å². The minimum absolute atomic E-state index is 0.302. The third-order valence-corrected chi connectivity index (χ3v) is 5.04. The SMILES string of the molecule is O=C(N=Nc1ccc(NOC(=O)c2ccc([N+](=O)[O-])cc2[N+](=O)[O-])cc1)c1ccccc1I. The highest BCUT2D eigenvalue weighted by molar-refractivity contribution is 14.1. The van der Waals surface area contributed by atoms with Gasteiger partial charge in [-0.15, -0.1) is 10.2 Å². The summed E-state index contributed by atoms with van der Waals surface area (Å²) < 4.78 is 0.744. The Bertz CT molecular complexity index is 1280. The van der Waals surface area contributed by atoms with Gasteiger partial charge in [0, 0.05) is 9.64 Å². The summed E-state index contributed by atoms with van der Waals surface area (Å²) in [4.78, 5) is 49.4. The minimum Gasteiger partial charge on any atom is -0.338 e. The zero-order valence-corrected chi connectivity index (χ0v) is 18.5. The molecule has 0 saturated carbocycles. The minimum atomic E-state index is -1.11. The standard InChI is InChI=1S/C20H12IN5O7/c21-17-4-2-1-3-15(17)19(27)23-22-12-5-7-13(8-6-12)24-33-20(28)16-10-9-14(25(29)30)11-18(16)26(31)32/h1-11,24H. The summed E-state index contributed by atoms with van der Waals surface area (Å²) in [5.74, 6) is -1.61. The molecule has 33 heavy (non-hydrogen) atoms. The van der Waals surface area contributed by atoms with Crippen molar-refractivity contribution in [2.45, 2.75) is 0 Å². The molecule has 0 aliphatic rings. The smallest absolute Gasteiger partial charge is 0.338 e. The van der Waals surface area contributed by atoms with Crippen LogP contribution >= 0.6 is 22.6 Å². The monoisotopic (exact) mass is 561 g/mol. The maximum Gasteiger partial charge on any atom is 0.369 e. The number of amides is 1. The molecule has 3 rings (SSSR count). The lowest BCUT2D eigenvalue weighted by Crippen LogP contribution is -2.12. The van der Waals surface area contributed by atoms with Gasteiger partial charge in [0.1, 0.15) is 5.56 Å². The normalized spacial score (nSPS) is 10.6. The van der Waals surface area contributed by atoms with Gasteiger partial charge in [-0.1, -0.05) is 12.1 Å². The van der Waals surface area contributed by atoms with Crippen molar-refractivity contribution in [2.75, 3.05) is 5.48 Å². The number of nitrogens with zero attached hydrogens (tertiary/aromatic N) is 4. The first-order valence-electron chi connectivity index (χ1n) is 8.97. The van der Waals surface area contributed by atoms with Crippen LogP contribution in [0.5, 0.6) is 0 Å². The van der Waals surface area contributed by atoms with Gasteiger partial charge in [0.2, 0.25) is 0 Å². The molecule has 0 aliphatic carbocycles. The van der Waals surface area contributed by atoms with E-state index in [4.69, 9.17) is 4.84 Å². The summed E-state index contributed by atoms with van der Waals surface area (Å²) >= 11 is 2.02. The second-order valence-electron chi connectivity index (χ2n) is 6.24. The molecular weight excluding hydrogens is 549 g/mol. The van der Waals surface area contributed by atoms with Crippen molar-refractivity contribution in [3.05, 3.63) is 102 Å². The van der Waals surface area contributed by atoms with Gasteiger partial charge in [0.15, 0.2) is 0 Å². The highest BCUT2D eigenvalue weighted by atomic mass is 127. The van der Waals surface area contributed by atoms with E-state index in [1.165, 1.54) is 24.3 Å². The third-order valence-electron chi connectivity index (χ3n) is 4.10. The Labute approximate surface area is 198 Å². The number of benzene rings is 3. The molecule has 0 saturated heterocycles. The first kappa shape index (κ1) is 23.4. The van der Waals surface area contributed by atoms with Crippen LogP contribution in [-0.2, 0) is 4.84 Å². The van der Waals surface area contributed by atoms with Crippen molar-refractivity contribution >= 4 is 57.2 Å². The van der Waals surface area contributed by atoms with Crippen LogP contribution in [0.3, 0.4) is 0 Å². The van der Waals surface area contributed by atoms with Crippen LogP contribution < -0.4 is 5.48 Å². The van der Waals surface area contributed by atoms with E-state index in [-0.39, 0.29) is 0 Å². The highest BCUT2D eigenvalue weighted by Crippen LogP contribution is 2.26. The number of non-ortho nitro benzene ring substituents is 1. The molecule has 3 aromatic carbocycles. The molecule has 1 amide bonds. The number of anilines is 1. The Morgan fingerprint density at radius 2 is 1.61 bits per heavy atom. The van der Waals surface area contributed by atoms with Gasteiger partial charge in [-0.2, -0.15) is 0 Å². The number of carbonyl (C=O) groups is 2. The lowest BCUT2D eigenvalue weighted by molar-refractivity contribution is -0.394. The molecule has 12 nitrogen and oxygen atoms in total. The van der Waals surface area contributed by atoms with Gasteiger partial charge in [-0.3, -0.25) is 25.0 Å². The van der Waals surface area contributed by atoms with E-state index in [2.05, 4.69) is 15.7 Å². The van der Waals surface area contributed by atoms with Gasteiger partial charge in [0.25, 0.3) is 17.3 Å². The fourth-order valence-corrected chi connectivity index (χ4v) is 3.12. The van der Waals surface area contributed by atoms with E-state index >= 15 is 0 Å². The molecule has 0 bridgehead atoms. The number of nitrogens with one attached hydrogen (secondary N) is 1. The molecule has 0 spiro atoms. The zero-order valence-electron chi connectivity index (χ0n) is 16.4. The summed E-state index contributed by atoms with van der Waals surface area (Å²) in [7, 11) is 0. The first-order chi connectivity index (χ1) is 15.8. The summed E-state index contributed by atoms with van der Waals surface area (Å²) in [6.45, 7) is 0. The maximum absolute atomic E-state index is 12.2. The van der Waals surface area contributed by atoms with Crippen molar-refractivity contribution in [3.8, 4) is 0 Å². The average molecular weight is 561 g/mol. The Morgan fingerprint density at radius 1 is 0.909 bits per heavy atom. The number of azo groups is 1. The van der Waals surface area contributed by atoms with E-state index in [9.17, 15) is 29.8 Å². The molecule has 1 N–H and O–H groups in total. The summed E-state index contributed by atoms with van der Waals surface area (Å²) in [6, 6.07) is 15.5. The predicted octanol–water partition coefficient (Wildman–Crippen LogP) is 5.22. The molecule has 0 aliphatic heterocycles. The fraction of sp³-hybridized carbons (Fsp3) is 0. The van der Waals surface area contributed by atoms with Crippen molar-refractivity contribution < 1.29 is 24.3 Å². The highest BCUT2D eigenvalue weighted by Gasteiger charge is 2.25. The molecule has 3 aromatic rings.